The maximum absolute atomic E-state index is 8.58. The summed E-state index contributed by atoms with van der Waals surface area (Å²) in [4.78, 5) is 0. The van der Waals surface area contributed by atoms with Gasteiger partial charge >= 0.3 is 0 Å². The second-order valence-electron chi connectivity index (χ2n) is 1.59. The summed E-state index contributed by atoms with van der Waals surface area (Å²) in [5.41, 5.74) is 5.05. The predicted molar refractivity (Wildman–Crippen MR) is 40.6 cm³/mol. The van der Waals surface area contributed by atoms with Crippen molar-refractivity contribution in [1.29, 1.82) is 5.26 Å². The van der Waals surface area contributed by atoms with Crippen LogP contribution in [0.4, 0.5) is 5.69 Å². The van der Waals surface area contributed by atoms with Crippen molar-refractivity contribution in [3.05, 3.63) is 28.7 Å². The number of benzene rings is 1. The first-order chi connectivity index (χ1) is 6.00. The number of nitrogens with zero attached hydrogens (tertiary/aromatic N) is 1. The van der Waals surface area contributed by atoms with Gasteiger partial charge in [0.25, 0.3) is 0 Å². The molecule has 0 amide bonds. The van der Waals surface area contributed by atoms with Gasteiger partial charge in [-0.25, -0.2) is 0 Å². The van der Waals surface area contributed by atoms with E-state index in [-0.39, 0.29) is 34.4 Å². The number of nitrogens with two attached hydrogens (primary N) is 1. The molecule has 0 fully saturated rings. The van der Waals surface area contributed by atoms with Crippen LogP contribution in [0.5, 0.6) is 0 Å². The van der Waals surface area contributed by atoms with E-state index in [1.165, 1.54) is 0 Å². The zero-order valence-corrected chi connectivity index (χ0v) is 5.66. The van der Waals surface area contributed by atoms with Crippen LogP contribution in [0.15, 0.2) is 18.1 Å². The minimum atomic E-state index is -0.336. The Morgan fingerprint density at radius 1 is 1.70 bits per heavy atom. The number of anilines is 1. The van der Waals surface area contributed by atoms with Crippen LogP contribution in [0, 0.1) is 11.3 Å². The Bertz CT molecular complexity index is 382. The van der Waals surface area contributed by atoms with Gasteiger partial charge in [-0.1, -0.05) is 11.6 Å². The van der Waals surface area contributed by atoms with E-state index in [4.69, 9.17) is 26.7 Å². The van der Waals surface area contributed by atoms with Gasteiger partial charge in [0.2, 0.25) is 0 Å². The topological polar surface area (TPSA) is 49.8 Å². The molecule has 0 aliphatic rings. The number of halogens is 1. The highest BCUT2D eigenvalue weighted by molar-refractivity contribution is 6.30. The lowest BCUT2D eigenvalue weighted by Gasteiger charge is -1.94. The Labute approximate surface area is 68.0 Å². The van der Waals surface area contributed by atoms with E-state index in [0.717, 1.165) is 0 Å². The third-order valence-corrected chi connectivity index (χ3v) is 1.11. The van der Waals surface area contributed by atoms with E-state index in [9.17, 15) is 0 Å². The van der Waals surface area contributed by atoms with Crippen LogP contribution in [-0.4, -0.2) is 0 Å². The van der Waals surface area contributed by atoms with Gasteiger partial charge in [0.1, 0.15) is 6.07 Å². The van der Waals surface area contributed by atoms with E-state index < -0.39 is 0 Å². The Kier molecular flexibility index (Phi) is 0.996. The monoisotopic (exact) mass is 155 g/mol. The molecule has 0 aromatic heterocycles. The van der Waals surface area contributed by atoms with Gasteiger partial charge in [-0.15, -0.1) is 0 Å². The first-order valence-electron chi connectivity index (χ1n) is 3.95. The summed E-state index contributed by atoms with van der Waals surface area (Å²) >= 11 is 5.53. The molecule has 0 aliphatic heterocycles. The maximum atomic E-state index is 8.58. The lowest BCUT2D eigenvalue weighted by atomic mass is 10.2. The summed E-state index contributed by atoms with van der Waals surface area (Å²) in [5.74, 6) is 0. The molecule has 1 aromatic rings. The summed E-state index contributed by atoms with van der Waals surface area (Å²) in [6.45, 7) is 0. The smallest absolute Gasteiger partial charge is 0.101 e. The molecule has 1 rings (SSSR count). The third-order valence-electron chi connectivity index (χ3n) is 0.923. The van der Waals surface area contributed by atoms with Gasteiger partial charge in [-0.3, -0.25) is 0 Å². The quantitative estimate of drug-likeness (QED) is 0.581. The molecule has 0 aliphatic carbocycles. The maximum Gasteiger partial charge on any atom is 0.101 e. The summed E-state index contributed by atoms with van der Waals surface area (Å²) in [7, 11) is 0. The highest BCUT2D eigenvalue weighted by Crippen LogP contribution is 2.16. The summed E-state index contributed by atoms with van der Waals surface area (Å²) in [5, 5.41) is 8.39. The molecule has 0 bridgehead atoms. The van der Waals surface area contributed by atoms with Crippen molar-refractivity contribution < 1.29 is 4.11 Å². The predicted octanol–water partition coefficient (Wildman–Crippen LogP) is 1.79. The SMILES string of the molecule is [2H]c1c([2H])c(C#N)c(N)c([2H])c1Cl. The van der Waals surface area contributed by atoms with Crippen LogP contribution in [0.25, 0.3) is 0 Å². The molecule has 0 saturated carbocycles. The Hall–Kier alpha value is -1.20. The molecule has 50 valence electrons. The molecule has 10 heavy (non-hydrogen) atoms. The average molecular weight is 156 g/mol. The van der Waals surface area contributed by atoms with Crippen LogP contribution in [-0.2, 0) is 0 Å². The van der Waals surface area contributed by atoms with Gasteiger partial charge in [0.05, 0.1) is 15.4 Å². The number of rotatable bonds is 0. The summed E-state index contributed by atoms with van der Waals surface area (Å²) in [6, 6.07) is 0.729. The largest absolute Gasteiger partial charge is 0.398 e. The molecule has 2 N–H and O–H groups in total. The van der Waals surface area contributed by atoms with Crippen LogP contribution >= 0.6 is 11.6 Å². The van der Waals surface area contributed by atoms with E-state index in [1.54, 1.807) is 6.07 Å². The van der Waals surface area contributed by atoms with Crippen LogP contribution < -0.4 is 5.73 Å². The van der Waals surface area contributed by atoms with Gasteiger partial charge in [0.15, 0.2) is 0 Å². The van der Waals surface area contributed by atoms with Crippen LogP contribution in [0.1, 0.15) is 9.68 Å². The average Bonchev–Trinajstić information content (AvgIpc) is 2.13. The van der Waals surface area contributed by atoms with Crippen molar-refractivity contribution in [1.82, 2.24) is 0 Å². The molecule has 1 aromatic carbocycles. The highest BCUT2D eigenvalue weighted by atomic mass is 35.5. The molecule has 2 nitrogen and oxygen atoms in total. The Morgan fingerprint density at radius 3 is 3.00 bits per heavy atom. The van der Waals surface area contributed by atoms with E-state index in [1.807, 2.05) is 0 Å². The molecule has 0 radical (unpaired) electrons. The first-order valence-corrected chi connectivity index (χ1v) is 2.83. The van der Waals surface area contributed by atoms with Crippen molar-refractivity contribution in [2.45, 2.75) is 0 Å². The zero-order valence-electron chi connectivity index (χ0n) is 7.90. The molecule has 0 heterocycles. The molecular weight excluding hydrogens is 148 g/mol. The Morgan fingerprint density at radius 2 is 2.40 bits per heavy atom. The van der Waals surface area contributed by atoms with Crippen LogP contribution in [0.3, 0.4) is 0 Å². The fourth-order valence-corrected chi connectivity index (χ4v) is 0.634. The fraction of sp³-hybridized carbons (Fsp3) is 0. The normalized spacial score (nSPS) is 13.0. The highest BCUT2D eigenvalue weighted by Gasteiger charge is 1.95. The van der Waals surface area contributed by atoms with Gasteiger partial charge in [-0.05, 0) is 18.1 Å². The number of nitriles is 1. The third kappa shape index (κ3) is 1.20. The number of hydrogen-bond donors (Lipinski definition) is 1. The zero-order chi connectivity index (χ0) is 10.2. The van der Waals surface area contributed by atoms with E-state index >= 15 is 0 Å². The number of hydrogen-bond acceptors (Lipinski definition) is 2. The van der Waals surface area contributed by atoms with Crippen molar-refractivity contribution in [2.75, 3.05) is 5.73 Å². The van der Waals surface area contributed by atoms with Crippen molar-refractivity contribution >= 4 is 17.3 Å². The molecule has 0 saturated heterocycles. The molecule has 3 heteroatoms. The minimum absolute atomic E-state index is 0.145. The fourth-order valence-electron chi connectivity index (χ4n) is 0.485. The Balaban J connectivity index is 3.69. The number of nitrogen functional groups attached to an aromatic ring is 1. The van der Waals surface area contributed by atoms with Crippen LogP contribution in [0.2, 0.25) is 5.02 Å². The molecule has 0 unspecified atom stereocenters. The van der Waals surface area contributed by atoms with Crippen molar-refractivity contribution in [2.24, 2.45) is 0 Å². The second-order valence-corrected chi connectivity index (χ2v) is 1.97. The summed E-state index contributed by atoms with van der Waals surface area (Å²) < 4.78 is 21.9. The first kappa shape index (κ1) is 3.85. The minimum Gasteiger partial charge on any atom is -0.398 e. The van der Waals surface area contributed by atoms with E-state index in [2.05, 4.69) is 0 Å². The van der Waals surface area contributed by atoms with Crippen molar-refractivity contribution in [3.63, 3.8) is 0 Å². The lowest BCUT2D eigenvalue weighted by molar-refractivity contribution is 1.48. The van der Waals surface area contributed by atoms with Crippen molar-refractivity contribution in [3.8, 4) is 6.07 Å². The molecule has 0 spiro atoms. The lowest BCUT2D eigenvalue weighted by Crippen LogP contribution is -1.88. The van der Waals surface area contributed by atoms with Gasteiger partial charge < -0.3 is 5.73 Å². The molecular formula is C7H5ClN2. The molecule has 0 atom stereocenters. The second kappa shape index (κ2) is 2.59. The van der Waals surface area contributed by atoms with Gasteiger partial charge in [-0.2, -0.15) is 5.26 Å². The summed E-state index contributed by atoms with van der Waals surface area (Å²) in [6.07, 6.45) is 0. The standard InChI is InChI=1S/C7H5ClN2/c8-6-2-1-5(4-9)7(10)3-6/h1-3H,10H2/i1D,2D,3D. The van der Waals surface area contributed by atoms with Gasteiger partial charge in [0, 0.05) is 5.02 Å². The van der Waals surface area contributed by atoms with E-state index in [0.29, 0.717) is 0 Å².